The van der Waals surface area contributed by atoms with Crippen molar-refractivity contribution in [2.45, 2.75) is 29.6 Å². The average Bonchev–Trinajstić information content (AvgIpc) is 3.73. The van der Waals surface area contributed by atoms with Crippen LogP contribution in [0.1, 0.15) is 50.7 Å². The molecule has 4 heterocycles. The second-order valence-electron chi connectivity index (χ2n) is 11.4. The van der Waals surface area contributed by atoms with E-state index in [9.17, 15) is 18.0 Å². The van der Waals surface area contributed by atoms with Crippen molar-refractivity contribution in [1.29, 1.82) is 0 Å². The minimum Gasteiger partial charge on any atom is -0.493 e. The first-order valence-corrected chi connectivity index (χ1v) is 17.8. The molecule has 246 valence electrons. The van der Waals surface area contributed by atoms with E-state index in [1.165, 1.54) is 12.0 Å². The van der Waals surface area contributed by atoms with Crippen LogP contribution in [0.15, 0.2) is 82.6 Å². The molecular weight excluding hydrogens is 639 g/mol. The lowest BCUT2D eigenvalue weighted by Crippen LogP contribution is -2.46. The zero-order valence-corrected chi connectivity index (χ0v) is 27.9. The summed E-state index contributed by atoms with van der Waals surface area (Å²) in [6.45, 7) is 3.97. The molecule has 6 rings (SSSR count). The van der Waals surface area contributed by atoms with Crippen molar-refractivity contribution in [2.24, 2.45) is 0 Å². The largest absolute Gasteiger partial charge is 0.493 e. The number of piperazine rings is 1. The number of ether oxygens (including phenoxy) is 2. The van der Waals surface area contributed by atoms with Gasteiger partial charge in [-0.05, 0) is 65.7 Å². The zero-order valence-electron chi connectivity index (χ0n) is 26.3. The number of rotatable bonds is 13. The van der Waals surface area contributed by atoms with Crippen molar-refractivity contribution in [1.82, 2.24) is 19.5 Å². The number of nitrogens with one attached hydrogen (secondary N) is 1. The molecule has 0 bridgehead atoms. The Labute approximate surface area is 278 Å². The van der Waals surface area contributed by atoms with Crippen molar-refractivity contribution < 1.29 is 27.5 Å². The molecule has 2 amide bonds. The maximum atomic E-state index is 14.3. The van der Waals surface area contributed by atoms with Gasteiger partial charge in [-0.25, -0.2) is 13.1 Å². The number of carbonyl (C=O) groups excluding carboxylic acids is 2. The van der Waals surface area contributed by atoms with Gasteiger partial charge in [-0.1, -0.05) is 24.3 Å². The van der Waals surface area contributed by atoms with Crippen LogP contribution >= 0.6 is 11.3 Å². The fourth-order valence-corrected chi connectivity index (χ4v) is 8.33. The van der Waals surface area contributed by atoms with Crippen LogP contribution in [0.25, 0.3) is 0 Å². The number of pyridine rings is 1. The van der Waals surface area contributed by atoms with E-state index in [4.69, 9.17) is 9.47 Å². The Morgan fingerprint density at radius 1 is 0.936 bits per heavy atom. The molecule has 4 aromatic rings. The lowest BCUT2D eigenvalue weighted by atomic mass is 9.99. The number of aromatic nitrogens is 1. The Hall–Kier alpha value is -4.30. The van der Waals surface area contributed by atoms with Crippen molar-refractivity contribution in [3.05, 3.63) is 101 Å². The summed E-state index contributed by atoms with van der Waals surface area (Å²) in [5.41, 5.74) is 3.36. The first kappa shape index (κ1) is 32.6. The van der Waals surface area contributed by atoms with Gasteiger partial charge in [-0.2, -0.15) is 0 Å². The van der Waals surface area contributed by atoms with Gasteiger partial charge in [-0.15, -0.1) is 11.3 Å². The van der Waals surface area contributed by atoms with Crippen molar-refractivity contribution in [3.8, 4) is 11.5 Å². The van der Waals surface area contributed by atoms with E-state index in [2.05, 4.69) is 25.6 Å². The smallest absolute Gasteiger partial charge is 0.264 e. The molecule has 2 aliphatic rings. The van der Waals surface area contributed by atoms with Crippen LogP contribution < -0.4 is 19.1 Å². The lowest BCUT2D eigenvalue weighted by Gasteiger charge is -2.36. The predicted octanol–water partition coefficient (Wildman–Crippen LogP) is 4.58. The van der Waals surface area contributed by atoms with E-state index in [0.29, 0.717) is 54.1 Å². The number of hydrogen-bond donors (Lipinski definition) is 1. The number of carbonyl (C=O) groups is 2. The quantitative estimate of drug-likeness (QED) is 0.160. The molecule has 11 nitrogen and oxygen atoms in total. The summed E-state index contributed by atoms with van der Waals surface area (Å²) in [7, 11) is -0.582. The number of anilines is 1. The highest BCUT2D eigenvalue weighted by molar-refractivity contribution is 7.91. The maximum absolute atomic E-state index is 14.3. The van der Waals surface area contributed by atoms with Gasteiger partial charge in [0.25, 0.3) is 11.8 Å². The monoisotopic (exact) mass is 675 g/mol. The fourth-order valence-electron chi connectivity index (χ4n) is 6.22. The van der Waals surface area contributed by atoms with Gasteiger partial charge in [0.1, 0.15) is 4.21 Å². The number of amides is 2. The van der Waals surface area contributed by atoms with Gasteiger partial charge in [-0.3, -0.25) is 24.4 Å². The summed E-state index contributed by atoms with van der Waals surface area (Å²) in [6, 6.07) is 17.3. The molecule has 1 saturated heterocycles. The number of benzene rings is 2. The van der Waals surface area contributed by atoms with E-state index in [1.807, 2.05) is 30.5 Å². The molecule has 0 spiro atoms. The van der Waals surface area contributed by atoms with Crippen molar-refractivity contribution in [3.63, 3.8) is 0 Å². The third-order valence-corrected chi connectivity index (χ3v) is 11.4. The molecule has 1 atom stereocenters. The average molecular weight is 676 g/mol. The second kappa shape index (κ2) is 14.2. The Morgan fingerprint density at radius 3 is 2.45 bits per heavy atom. The summed E-state index contributed by atoms with van der Waals surface area (Å²) >= 11 is 1.14. The Morgan fingerprint density at radius 2 is 1.74 bits per heavy atom. The van der Waals surface area contributed by atoms with Crippen LogP contribution in [0.2, 0.25) is 0 Å². The molecule has 2 aliphatic heterocycles. The highest BCUT2D eigenvalue weighted by Gasteiger charge is 2.43. The van der Waals surface area contributed by atoms with Gasteiger partial charge in [0.2, 0.25) is 10.0 Å². The van der Waals surface area contributed by atoms with Crippen molar-refractivity contribution in [2.75, 3.05) is 51.8 Å². The fraction of sp³-hybridized carbons (Fsp3) is 0.324. The van der Waals surface area contributed by atoms with Crippen LogP contribution in [0.4, 0.5) is 5.69 Å². The Bertz CT molecular complexity index is 1830. The molecule has 13 heteroatoms. The molecule has 0 radical (unpaired) electrons. The highest BCUT2D eigenvalue weighted by atomic mass is 32.2. The number of nitrogens with zero attached hydrogens (tertiary/aromatic N) is 4. The molecule has 0 saturated carbocycles. The standard InChI is InChI=1S/C34H37N5O6S2/c1-44-29-13-12-25(21-30(29)45-2)27(10-5-15-36-47(42,43)31-11-6-20-46-31)39-33(40)26-8-3-9-28(32(26)34(39)41)38-18-16-37(17-19-38)23-24-7-4-14-35-22-24/h3-4,6-9,11-14,20-22,27,36H,5,10,15-19,23H2,1-2H3/t27-/m1/s1. The number of sulfonamides is 1. The molecule has 2 aromatic heterocycles. The highest BCUT2D eigenvalue weighted by Crippen LogP contribution is 2.40. The van der Waals surface area contributed by atoms with Crippen LogP contribution in [-0.2, 0) is 16.6 Å². The number of fused-ring (bicyclic) bond motifs is 1. The second-order valence-corrected chi connectivity index (χ2v) is 14.3. The van der Waals surface area contributed by atoms with Gasteiger partial charge in [0.15, 0.2) is 11.5 Å². The van der Waals surface area contributed by atoms with Crippen molar-refractivity contribution >= 4 is 38.9 Å². The maximum Gasteiger partial charge on any atom is 0.264 e. The van der Waals surface area contributed by atoms with E-state index in [0.717, 1.165) is 42.2 Å². The van der Waals surface area contributed by atoms with E-state index < -0.39 is 16.1 Å². The topological polar surface area (TPSA) is 121 Å². The summed E-state index contributed by atoms with van der Waals surface area (Å²) < 4.78 is 39.3. The zero-order chi connectivity index (χ0) is 33.0. The van der Waals surface area contributed by atoms with Crippen LogP contribution in [0.3, 0.4) is 0 Å². The molecule has 2 aromatic carbocycles. The van der Waals surface area contributed by atoms with Crippen LogP contribution in [-0.4, -0.2) is 82.0 Å². The third kappa shape index (κ3) is 6.89. The Kier molecular flexibility index (Phi) is 9.87. The molecule has 0 unspecified atom stereocenters. The SMILES string of the molecule is COc1ccc([C@@H](CCCNS(=O)(=O)c2cccs2)N2C(=O)c3cccc(N4CCN(Cc5cccnc5)CC4)c3C2=O)cc1OC. The third-order valence-electron chi connectivity index (χ3n) is 8.58. The van der Waals surface area contributed by atoms with Gasteiger partial charge < -0.3 is 14.4 Å². The van der Waals surface area contributed by atoms with Gasteiger partial charge in [0, 0.05) is 51.7 Å². The molecular formula is C34H37N5O6S2. The van der Waals surface area contributed by atoms with Gasteiger partial charge >= 0.3 is 0 Å². The Balaban J connectivity index is 1.23. The first-order valence-electron chi connectivity index (χ1n) is 15.4. The van der Waals surface area contributed by atoms with E-state index >= 15 is 0 Å². The number of methoxy groups -OCH3 is 2. The van der Waals surface area contributed by atoms with Crippen LogP contribution in [0.5, 0.6) is 11.5 Å². The minimum absolute atomic E-state index is 0.141. The predicted molar refractivity (Wildman–Crippen MR) is 180 cm³/mol. The normalized spacial score (nSPS) is 16.0. The summed E-state index contributed by atoms with van der Waals surface area (Å²) in [5.74, 6) is 0.249. The molecule has 47 heavy (non-hydrogen) atoms. The van der Waals surface area contributed by atoms with Gasteiger partial charge in [0.05, 0.1) is 37.1 Å². The number of imide groups is 1. The van der Waals surface area contributed by atoms with Crippen LogP contribution in [0, 0.1) is 0 Å². The molecule has 1 N–H and O–H groups in total. The van der Waals surface area contributed by atoms with E-state index in [-0.39, 0.29) is 22.6 Å². The summed E-state index contributed by atoms with van der Waals surface area (Å²) in [5, 5.41) is 1.71. The number of thiophene rings is 1. The minimum atomic E-state index is -3.65. The molecule has 1 fully saturated rings. The summed E-state index contributed by atoms with van der Waals surface area (Å²) in [4.78, 5) is 38.4. The number of hydrogen-bond acceptors (Lipinski definition) is 10. The summed E-state index contributed by atoms with van der Waals surface area (Å²) in [6.07, 6.45) is 4.35. The first-order chi connectivity index (χ1) is 22.8. The van der Waals surface area contributed by atoms with E-state index in [1.54, 1.807) is 49.0 Å². The lowest BCUT2D eigenvalue weighted by molar-refractivity contribution is 0.0572. The molecule has 0 aliphatic carbocycles.